The molecule has 4 nitrogen and oxygen atoms in total. The van der Waals surface area contributed by atoms with Crippen LogP contribution < -0.4 is 0 Å². The molecule has 1 aliphatic heterocycles. The zero-order chi connectivity index (χ0) is 15.5. The summed E-state index contributed by atoms with van der Waals surface area (Å²) in [5.41, 5.74) is 0.398. The van der Waals surface area contributed by atoms with Crippen LogP contribution in [-0.4, -0.2) is 37.0 Å². The van der Waals surface area contributed by atoms with Crippen molar-refractivity contribution in [3.8, 4) is 11.8 Å². The van der Waals surface area contributed by atoms with Crippen LogP contribution in [0.2, 0.25) is 0 Å². The normalized spacial score (nSPS) is 19.3. The number of aliphatic hydroxyl groups excluding tert-OH is 1. The maximum absolute atomic E-state index is 14.1. The van der Waals surface area contributed by atoms with Crippen LogP contribution in [0.1, 0.15) is 31.7 Å². The van der Waals surface area contributed by atoms with Crippen molar-refractivity contribution in [2.45, 2.75) is 37.1 Å². The molecular weight excluding hydrogens is 293 g/mol. The van der Waals surface area contributed by atoms with E-state index in [2.05, 4.69) is 11.8 Å². The highest BCUT2D eigenvalue weighted by Gasteiger charge is 2.34. The molecule has 6 heteroatoms. The Kier molecular flexibility index (Phi) is 4.99. The SMILES string of the molecule is CC1CCCN1S(=O)(=O)c1ccc(C#CCCO)cc1F. The molecule has 21 heavy (non-hydrogen) atoms. The Labute approximate surface area is 124 Å². The summed E-state index contributed by atoms with van der Waals surface area (Å²) in [4.78, 5) is -0.302. The molecule has 0 amide bonds. The number of benzene rings is 1. The Morgan fingerprint density at radius 3 is 2.81 bits per heavy atom. The topological polar surface area (TPSA) is 57.6 Å². The maximum atomic E-state index is 14.1. The first-order valence-electron chi connectivity index (χ1n) is 6.88. The molecule has 1 heterocycles. The second-order valence-corrected chi connectivity index (χ2v) is 6.89. The van der Waals surface area contributed by atoms with E-state index in [1.165, 1.54) is 16.4 Å². The molecule has 0 bridgehead atoms. The Morgan fingerprint density at radius 2 is 2.24 bits per heavy atom. The van der Waals surface area contributed by atoms with E-state index in [1.54, 1.807) is 0 Å². The second kappa shape index (κ2) is 6.56. The summed E-state index contributed by atoms with van der Waals surface area (Å²) in [6, 6.07) is 3.77. The van der Waals surface area contributed by atoms with Crippen molar-refractivity contribution >= 4 is 10.0 Å². The molecule has 1 aromatic carbocycles. The van der Waals surface area contributed by atoms with Crippen LogP contribution in [-0.2, 0) is 10.0 Å². The van der Waals surface area contributed by atoms with Crippen LogP contribution in [0.15, 0.2) is 23.1 Å². The monoisotopic (exact) mass is 311 g/mol. The van der Waals surface area contributed by atoms with Crippen LogP contribution in [0.4, 0.5) is 4.39 Å². The zero-order valence-electron chi connectivity index (χ0n) is 11.8. The molecule has 1 aromatic rings. The summed E-state index contributed by atoms with van der Waals surface area (Å²) in [6.45, 7) is 2.20. The molecule has 0 saturated carbocycles. The molecular formula is C15H18FNO3S. The summed E-state index contributed by atoms with van der Waals surface area (Å²) in [5.74, 6) is 4.57. The first-order valence-corrected chi connectivity index (χ1v) is 8.32. The predicted molar refractivity (Wildman–Crippen MR) is 77.6 cm³/mol. The van der Waals surface area contributed by atoms with E-state index in [-0.39, 0.29) is 17.5 Å². The average Bonchev–Trinajstić information content (AvgIpc) is 2.86. The Morgan fingerprint density at radius 1 is 1.48 bits per heavy atom. The van der Waals surface area contributed by atoms with Gasteiger partial charge in [0.2, 0.25) is 10.0 Å². The van der Waals surface area contributed by atoms with Gasteiger partial charge in [0, 0.05) is 24.6 Å². The van der Waals surface area contributed by atoms with Gasteiger partial charge in [-0.1, -0.05) is 11.8 Å². The minimum atomic E-state index is -3.79. The minimum absolute atomic E-state index is 0.0607. The lowest BCUT2D eigenvalue weighted by Crippen LogP contribution is -2.34. The van der Waals surface area contributed by atoms with Crippen LogP contribution in [0.25, 0.3) is 0 Å². The van der Waals surface area contributed by atoms with E-state index in [9.17, 15) is 12.8 Å². The summed E-state index contributed by atoms with van der Waals surface area (Å²) in [7, 11) is -3.79. The molecule has 1 unspecified atom stereocenters. The standard InChI is InChI=1S/C15H18FNO3S/c1-12-5-4-9-17(12)21(19,20)15-8-7-13(11-14(15)16)6-2-3-10-18/h7-8,11-12,18H,3-5,9-10H2,1H3. The van der Waals surface area contributed by atoms with Crippen molar-refractivity contribution in [1.29, 1.82) is 0 Å². The van der Waals surface area contributed by atoms with Gasteiger partial charge in [-0.15, -0.1) is 0 Å². The number of sulfonamides is 1. The molecule has 1 aliphatic rings. The van der Waals surface area contributed by atoms with Crippen LogP contribution in [0.5, 0.6) is 0 Å². The van der Waals surface area contributed by atoms with E-state index < -0.39 is 15.8 Å². The smallest absolute Gasteiger partial charge is 0.246 e. The molecule has 0 spiro atoms. The van der Waals surface area contributed by atoms with E-state index in [1.807, 2.05) is 6.92 Å². The highest BCUT2D eigenvalue weighted by atomic mass is 32.2. The molecule has 114 valence electrons. The highest BCUT2D eigenvalue weighted by molar-refractivity contribution is 7.89. The summed E-state index contributed by atoms with van der Waals surface area (Å²) in [5, 5.41) is 8.63. The second-order valence-electron chi connectivity index (χ2n) is 5.03. The third-order valence-electron chi connectivity index (χ3n) is 3.48. The predicted octanol–water partition coefficient (Wildman–Crippen LogP) is 1.73. The Bertz CT molecular complexity index is 676. The van der Waals surface area contributed by atoms with Gasteiger partial charge in [-0.05, 0) is 38.0 Å². The summed E-state index contributed by atoms with van der Waals surface area (Å²) in [6.07, 6.45) is 1.89. The van der Waals surface area contributed by atoms with Gasteiger partial charge >= 0.3 is 0 Å². The highest BCUT2D eigenvalue weighted by Crippen LogP contribution is 2.27. The van der Waals surface area contributed by atoms with Gasteiger partial charge in [0.15, 0.2) is 0 Å². The van der Waals surface area contributed by atoms with Gasteiger partial charge in [0.25, 0.3) is 0 Å². The first kappa shape index (κ1) is 16.0. The molecule has 2 rings (SSSR count). The number of hydrogen-bond donors (Lipinski definition) is 1. The van der Waals surface area contributed by atoms with Crippen LogP contribution >= 0.6 is 0 Å². The Balaban J connectivity index is 2.31. The van der Waals surface area contributed by atoms with Crippen molar-refractivity contribution in [2.75, 3.05) is 13.2 Å². The van der Waals surface area contributed by atoms with Crippen molar-refractivity contribution < 1.29 is 17.9 Å². The maximum Gasteiger partial charge on any atom is 0.246 e. The minimum Gasteiger partial charge on any atom is -0.395 e. The summed E-state index contributed by atoms with van der Waals surface area (Å²) < 4.78 is 40.4. The number of halogens is 1. The van der Waals surface area contributed by atoms with E-state index >= 15 is 0 Å². The third kappa shape index (κ3) is 3.43. The van der Waals surface area contributed by atoms with E-state index in [0.29, 0.717) is 18.5 Å². The molecule has 1 saturated heterocycles. The van der Waals surface area contributed by atoms with Crippen molar-refractivity contribution in [3.63, 3.8) is 0 Å². The number of rotatable bonds is 3. The van der Waals surface area contributed by atoms with Crippen molar-refractivity contribution in [1.82, 2.24) is 4.31 Å². The lowest BCUT2D eigenvalue weighted by molar-refractivity contribution is 0.305. The quantitative estimate of drug-likeness (QED) is 0.865. The Hall–Kier alpha value is -1.42. The van der Waals surface area contributed by atoms with Gasteiger partial charge in [-0.3, -0.25) is 0 Å². The number of aliphatic hydroxyl groups is 1. The fourth-order valence-corrected chi connectivity index (χ4v) is 4.15. The molecule has 0 aliphatic carbocycles. The fraction of sp³-hybridized carbons (Fsp3) is 0.467. The molecule has 1 fully saturated rings. The van der Waals surface area contributed by atoms with Crippen LogP contribution in [0.3, 0.4) is 0 Å². The lowest BCUT2D eigenvalue weighted by Gasteiger charge is -2.21. The van der Waals surface area contributed by atoms with E-state index in [0.717, 1.165) is 18.9 Å². The largest absolute Gasteiger partial charge is 0.395 e. The average molecular weight is 311 g/mol. The van der Waals surface area contributed by atoms with Gasteiger partial charge < -0.3 is 5.11 Å². The van der Waals surface area contributed by atoms with Crippen molar-refractivity contribution in [2.24, 2.45) is 0 Å². The van der Waals surface area contributed by atoms with Crippen molar-refractivity contribution in [3.05, 3.63) is 29.6 Å². The van der Waals surface area contributed by atoms with Gasteiger partial charge in [-0.2, -0.15) is 4.31 Å². The fourth-order valence-electron chi connectivity index (χ4n) is 2.40. The number of nitrogens with zero attached hydrogens (tertiary/aromatic N) is 1. The molecule has 0 radical (unpaired) electrons. The molecule has 1 atom stereocenters. The summed E-state index contributed by atoms with van der Waals surface area (Å²) >= 11 is 0. The third-order valence-corrected chi connectivity index (χ3v) is 5.53. The van der Waals surface area contributed by atoms with Crippen LogP contribution in [0, 0.1) is 17.7 Å². The zero-order valence-corrected chi connectivity index (χ0v) is 12.7. The number of hydrogen-bond acceptors (Lipinski definition) is 3. The molecule has 1 N–H and O–H groups in total. The first-order chi connectivity index (χ1) is 9.96. The van der Waals surface area contributed by atoms with Gasteiger partial charge in [-0.25, -0.2) is 12.8 Å². The lowest BCUT2D eigenvalue weighted by atomic mass is 10.2. The van der Waals surface area contributed by atoms with Gasteiger partial charge in [0.05, 0.1) is 6.61 Å². The molecule has 0 aromatic heterocycles. The van der Waals surface area contributed by atoms with Gasteiger partial charge in [0.1, 0.15) is 10.7 Å². The van der Waals surface area contributed by atoms with E-state index in [4.69, 9.17) is 5.11 Å².